The fourth-order valence-corrected chi connectivity index (χ4v) is 3.08. The van der Waals surface area contributed by atoms with Gasteiger partial charge in [-0.05, 0) is 24.6 Å². The Morgan fingerprint density at radius 2 is 2.00 bits per heavy atom. The second kappa shape index (κ2) is 7.42. The van der Waals surface area contributed by atoms with Gasteiger partial charge in [-0.3, -0.25) is 4.31 Å². The zero-order valence-electron chi connectivity index (χ0n) is 13.5. The maximum absolute atomic E-state index is 14.4. The molecule has 2 rings (SSSR count). The first-order valence-corrected chi connectivity index (χ1v) is 8.64. The predicted octanol–water partition coefficient (Wildman–Crippen LogP) is 4.05. The molecule has 0 aliphatic carbocycles. The van der Waals surface area contributed by atoms with Crippen LogP contribution in [0, 0.1) is 12.7 Å². The molecular weight excluding hydrogens is 313 g/mol. The lowest BCUT2D eigenvalue weighted by atomic mass is 10.1. The number of anilines is 1. The fraction of sp³-hybridized carbons (Fsp3) is 0.222. The van der Waals surface area contributed by atoms with Crippen molar-refractivity contribution in [1.29, 1.82) is 0 Å². The Kier molecular flexibility index (Phi) is 5.55. The van der Waals surface area contributed by atoms with E-state index in [0.717, 1.165) is 11.3 Å². The van der Waals surface area contributed by atoms with E-state index in [1.165, 1.54) is 13.2 Å². The molecule has 0 saturated heterocycles. The summed E-state index contributed by atoms with van der Waals surface area (Å²) in [6.45, 7) is 5.88. The molecule has 5 heteroatoms. The Balaban J connectivity index is 2.33. The van der Waals surface area contributed by atoms with E-state index in [2.05, 4.69) is 6.58 Å². The zero-order valence-corrected chi connectivity index (χ0v) is 14.3. The molecule has 23 heavy (non-hydrogen) atoms. The molecule has 1 unspecified atom stereocenters. The third kappa shape index (κ3) is 3.99. The molecule has 0 N–H and O–H groups in total. The van der Waals surface area contributed by atoms with Crippen LogP contribution in [0.2, 0.25) is 0 Å². The van der Waals surface area contributed by atoms with Crippen LogP contribution in [0.1, 0.15) is 16.7 Å². The van der Waals surface area contributed by atoms with Gasteiger partial charge in [-0.1, -0.05) is 36.9 Å². The van der Waals surface area contributed by atoms with Crippen LogP contribution in [0.3, 0.4) is 0 Å². The summed E-state index contributed by atoms with van der Waals surface area (Å²) in [7, 11) is 0.230. The highest BCUT2D eigenvalue weighted by molar-refractivity contribution is 7.85. The van der Waals surface area contributed by atoms with Crippen LogP contribution in [0.25, 0.3) is 5.76 Å². The second-order valence-corrected chi connectivity index (χ2v) is 6.47. The van der Waals surface area contributed by atoms with Crippen molar-refractivity contribution in [3.63, 3.8) is 0 Å². The molecule has 0 bridgehead atoms. The van der Waals surface area contributed by atoms with Crippen molar-refractivity contribution in [2.75, 3.05) is 17.7 Å². The van der Waals surface area contributed by atoms with Crippen LogP contribution in [0.4, 0.5) is 10.1 Å². The predicted molar refractivity (Wildman–Crippen MR) is 93.9 cm³/mol. The van der Waals surface area contributed by atoms with Gasteiger partial charge in [-0.2, -0.15) is 0 Å². The molecule has 0 heterocycles. The van der Waals surface area contributed by atoms with Crippen LogP contribution < -0.4 is 4.31 Å². The molecule has 0 spiro atoms. The average molecular weight is 333 g/mol. The average Bonchev–Trinajstić information content (AvgIpc) is 2.53. The summed E-state index contributed by atoms with van der Waals surface area (Å²) < 4.78 is 33.2. The number of methoxy groups -OCH3 is 1. The first-order valence-electron chi connectivity index (χ1n) is 7.12. The first kappa shape index (κ1) is 17.2. The highest BCUT2D eigenvalue weighted by Gasteiger charge is 2.16. The minimum absolute atomic E-state index is 0.222. The number of halogens is 1. The first-order chi connectivity index (χ1) is 10.9. The molecule has 0 fully saturated rings. The van der Waals surface area contributed by atoms with Crippen LogP contribution in [-0.4, -0.2) is 17.6 Å². The van der Waals surface area contributed by atoms with Crippen molar-refractivity contribution < 1.29 is 13.3 Å². The third-order valence-corrected chi connectivity index (χ3v) is 4.58. The van der Waals surface area contributed by atoms with E-state index in [-0.39, 0.29) is 12.4 Å². The van der Waals surface area contributed by atoms with Crippen LogP contribution in [-0.2, 0) is 22.3 Å². The Labute approximate surface area is 139 Å². The summed E-state index contributed by atoms with van der Waals surface area (Å²) in [6.07, 6.45) is 1.59. The molecule has 0 saturated carbocycles. The lowest BCUT2D eigenvalue weighted by Crippen LogP contribution is -2.25. The van der Waals surface area contributed by atoms with Gasteiger partial charge in [0.2, 0.25) is 0 Å². The topological polar surface area (TPSA) is 29.5 Å². The zero-order chi connectivity index (χ0) is 17.0. The molecule has 2 aromatic carbocycles. The summed E-state index contributed by atoms with van der Waals surface area (Å²) in [5, 5.41) is 0. The van der Waals surface area contributed by atoms with Crippen LogP contribution >= 0.6 is 0 Å². The molecular formula is C18H20FNO2S. The van der Waals surface area contributed by atoms with Gasteiger partial charge < -0.3 is 4.74 Å². The van der Waals surface area contributed by atoms with E-state index < -0.39 is 11.0 Å². The number of ether oxygens (including phenoxy) is 1. The Hall–Kier alpha value is -2.14. The quantitative estimate of drug-likeness (QED) is 0.746. The summed E-state index contributed by atoms with van der Waals surface area (Å²) in [4.78, 5) is 0. The molecule has 1 atom stereocenters. The van der Waals surface area contributed by atoms with Crippen molar-refractivity contribution >= 4 is 22.4 Å². The molecule has 3 nitrogen and oxygen atoms in total. The molecule has 0 aliphatic rings. The third-order valence-electron chi connectivity index (χ3n) is 3.63. The van der Waals surface area contributed by atoms with Gasteiger partial charge in [0.15, 0.2) is 0 Å². The Morgan fingerprint density at radius 3 is 2.57 bits per heavy atom. The van der Waals surface area contributed by atoms with Crippen molar-refractivity contribution in [3.8, 4) is 0 Å². The smallest absolute Gasteiger partial charge is 0.128 e. The number of aryl methyl sites for hydroxylation is 1. The summed E-state index contributed by atoms with van der Waals surface area (Å²) in [6, 6.07) is 12.4. The molecule has 2 aromatic rings. The van der Waals surface area contributed by atoms with E-state index in [9.17, 15) is 8.60 Å². The Morgan fingerprint density at radius 1 is 1.30 bits per heavy atom. The summed E-state index contributed by atoms with van der Waals surface area (Å²) in [5.74, 6) is 0.0370. The van der Waals surface area contributed by atoms with Gasteiger partial charge in [0.25, 0.3) is 0 Å². The minimum atomic E-state index is -1.26. The highest BCUT2D eigenvalue weighted by atomic mass is 32.2. The SMILES string of the molecule is C=C(OC)c1ccc(CN(c2ccccc2C)S(C)=O)c(F)c1. The minimum Gasteiger partial charge on any atom is -0.497 e. The van der Waals surface area contributed by atoms with Gasteiger partial charge in [0, 0.05) is 17.4 Å². The number of rotatable bonds is 6. The fourth-order valence-electron chi connectivity index (χ4n) is 2.28. The van der Waals surface area contributed by atoms with E-state index in [4.69, 9.17) is 4.74 Å². The lowest BCUT2D eigenvalue weighted by molar-refractivity contribution is 0.371. The number of nitrogens with zero attached hydrogens (tertiary/aromatic N) is 1. The lowest BCUT2D eigenvalue weighted by Gasteiger charge is -2.24. The van der Waals surface area contributed by atoms with Crippen LogP contribution in [0.15, 0.2) is 49.0 Å². The maximum atomic E-state index is 14.4. The molecule has 122 valence electrons. The van der Waals surface area contributed by atoms with Gasteiger partial charge in [0.05, 0.1) is 19.3 Å². The van der Waals surface area contributed by atoms with E-state index >= 15 is 0 Å². The van der Waals surface area contributed by atoms with Crippen molar-refractivity contribution in [1.82, 2.24) is 0 Å². The molecule has 0 amide bonds. The number of hydrogen-bond donors (Lipinski definition) is 0. The van der Waals surface area contributed by atoms with Crippen molar-refractivity contribution in [2.45, 2.75) is 13.5 Å². The molecule has 0 aliphatic heterocycles. The number of para-hydroxylation sites is 1. The van der Waals surface area contributed by atoms with E-state index in [0.29, 0.717) is 16.9 Å². The van der Waals surface area contributed by atoms with Gasteiger partial charge in [0.1, 0.15) is 22.6 Å². The Bertz CT molecular complexity index is 746. The normalized spacial score (nSPS) is 11.8. The number of benzene rings is 2. The standard InChI is InChI=1S/C18H20FNO2S/c1-13-7-5-6-8-18(13)20(23(4)21)12-16-10-9-15(11-17(16)19)14(2)22-3/h5-11H,2,12H2,1,3-4H3. The maximum Gasteiger partial charge on any atom is 0.128 e. The second-order valence-electron chi connectivity index (χ2n) is 5.18. The molecule has 0 aromatic heterocycles. The largest absolute Gasteiger partial charge is 0.497 e. The summed E-state index contributed by atoms with van der Waals surface area (Å²) >= 11 is 0. The van der Waals surface area contributed by atoms with Crippen molar-refractivity contribution in [2.24, 2.45) is 0 Å². The number of hydrogen-bond acceptors (Lipinski definition) is 2. The van der Waals surface area contributed by atoms with Crippen LogP contribution in [0.5, 0.6) is 0 Å². The van der Waals surface area contributed by atoms with E-state index in [1.807, 2.05) is 31.2 Å². The monoisotopic (exact) mass is 333 g/mol. The van der Waals surface area contributed by atoms with Gasteiger partial charge >= 0.3 is 0 Å². The van der Waals surface area contributed by atoms with E-state index in [1.54, 1.807) is 22.7 Å². The van der Waals surface area contributed by atoms with Gasteiger partial charge in [-0.15, -0.1) is 0 Å². The summed E-state index contributed by atoms with van der Waals surface area (Å²) in [5.41, 5.74) is 2.88. The highest BCUT2D eigenvalue weighted by Crippen LogP contribution is 2.25. The van der Waals surface area contributed by atoms with Crippen molar-refractivity contribution in [3.05, 3.63) is 71.6 Å². The van der Waals surface area contributed by atoms with Gasteiger partial charge in [-0.25, -0.2) is 8.60 Å². The molecule has 0 radical (unpaired) electrons.